The van der Waals surface area contributed by atoms with E-state index in [1.165, 1.54) is 11.8 Å². The van der Waals surface area contributed by atoms with E-state index in [9.17, 15) is 24.2 Å². The maximum absolute atomic E-state index is 15.1. The highest BCUT2D eigenvalue weighted by molar-refractivity contribution is 5.81. The van der Waals surface area contributed by atoms with E-state index in [4.69, 9.17) is 14.5 Å². The first-order valence-corrected chi connectivity index (χ1v) is 16.1. The standard InChI is InChI=1S/C35H44F2N4O6/c1-22(42)33(44)41(19-25-18-40(21-30(25)43)34(45)47-35(2,3)4)31(24-12-14-46-15-13-24)32-38-29(27-16-26(36)10-11-28(27)37)20-39(32)17-23-8-6-5-7-9-23/h5-11,16,20,22,24-25,30-31,42-43H,12-15,17-19,21H2,1-4H3. The fraction of sp³-hybridized carbons (Fsp3) is 0.514. The minimum atomic E-state index is -1.38. The fourth-order valence-corrected chi connectivity index (χ4v) is 6.38. The Kier molecular flexibility index (Phi) is 10.6. The van der Waals surface area contributed by atoms with Gasteiger partial charge in [0.05, 0.1) is 24.4 Å². The zero-order valence-corrected chi connectivity index (χ0v) is 27.3. The van der Waals surface area contributed by atoms with Crippen molar-refractivity contribution in [2.45, 2.75) is 70.9 Å². The third-order valence-corrected chi connectivity index (χ3v) is 8.65. The Morgan fingerprint density at radius 2 is 1.81 bits per heavy atom. The molecule has 2 aromatic carbocycles. The molecule has 10 nitrogen and oxygen atoms in total. The van der Waals surface area contributed by atoms with Gasteiger partial charge >= 0.3 is 6.09 Å². The van der Waals surface area contributed by atoms with Gasteiger partial charge in [-0.05, 0) is 70.2 Å². The molecule has 254 valence electrons. The Morgan fingerprint density at radius 1 is 1.11 bits per heavy atom. The number of hydrogen-bond acceptors (Lipinski definition) is 7. The van der Waals surface area contributed by atoms with Crippen molar-refractivity contribution in [3.05, 3.63) is 77.8 Å². The lowest BCUT2D eigenvalue weighted by molar-refractivity contribution is -0.145. The second-order valence-electron chi connectivity index (χ2n) is 13.5. The fourth-order valence-electron chi connectivity index (χ4n) is 6.38. The molecule has 3 heterocycles. The topological polar surface area (TPSA) is 117 Å². The lowest BCUT2D eigenvalue weighted by Crippen LogP contribution is -2.48. The van der Waals surface area contributed by atoms with Crippen LogP contribution in [0.2, 0.25) is 0 Å². The van der Waals surface area contributed by atoms with Crippen LogP contribution in [0.5, 0.6) is 0 Å². The van der Waals surface area contributed by atoms with E-state index in [0.717, 1.165) is 23.8 Å². The van der Waals surface area contributed by atoms with Gasteiger partial charge in [0.15, 0.2) is 0 Å². The first kappa shape index (κ1) is 34.5. The highest BCUT2D eigenvalue weighted by Gasteiger charge is 2.43. The second-order valence-corrected chi connectivity index (χ2v) is 13.5. The summed E-state index contributed by atoms with van der Waals surface area (Å²) >= 11 is 0. The summed E-state index contributed by atoms with van der Waals surface area (Å²) in [5.74, 6) is -2.11. The number of rotatable bonds is 9. The smallest absolute Gasteiger partial charge is 0.410 e. The third-order valence-electron chi connectivity index (χ3n) is 8.65. The van der Waals surface area contributed by atoms with Crippen LogP contribution in [-0.4, -0.2) is 92.2 Å². The Bertz CT molecular complexity index is 1540. The molecule has 5 rings (SSSR count). The number of ether oxygens (including phenoxy) is 2. The van der Waals surface area contributed by atoms with Crippen molar-refractivity contribution in [2.24, 2.45) is 11.8 Å². The van der Waals surface area contributed by atoms with Crippen LogP contribution in [0.15, 0.2) is 54.7 Å². The van der Waals surface area contributed by atoms with Crippen LogP contribution in [0.3, 0.4) is 0 Å². The number of aromatic nitrogens is 2. The van der Waals surface area contributed by atoms with Crippen molar-refractivity contribution in [2.75, 3.05) is 32.8 Å². The van der Waals surface area contributed by atoms with Gasteiger partial charge in [-0.3, -0.25) is 4.79 Å². The summed E-state index contributed by atoms with van der Waals surface area (Å²) in [6.45, 7) is 8.07. The van der Waals surface area contributed by atoms with Gasteiger partial charge in [-0.15, -0.1) is 0 Å². The minimum Gasteiger partial charge on any atom is -0.444 e. The molecule has 2 aliphatic heterocycles. The zero-order chi connectivity index (χ0) is 33.9. The normalized spacial score (nSPS) is 20.2. The lowest BCUT2D eigenvalue weighted by atomic mass is 9.88. The largest absolute Gasteiger partial charge is 0.444 e. The summed E-state index contributed by atoms with van der Waals surface area (Å²) in [7, 11) is 0. The Labute approximate surface area is 273 Å². The minimum absolute atomic E-state index is 0.00801. The van der Waals surface area contributed by atoms with E-state index in [-0.39, 0.29) is 36.8 Å². The number of halogens is 2. The first-order chi connectivity index (χ1) is 22.3. The van der Waals surface area contributed by atoms with Crippen molar-refractivity contribution in [3.8, 4) is 11.3 Å². The number of imidazole rings is 1. The number of benzene rings is 2. The number of carbonyl (C=O) groups excluding carboxylic acids is 2. The number of carbonyl (C=O) groups is 2. The summed E-state index contributed by atoms with van der Waals surface area (Å²) in [5, 5.41) is 21.8. The average molecular weight is 655 g/mol. The highest BCUT2D eigenvalue weighted by atomic mass is 19.1. The van der Waals surface area contributed by atoms with Crippen LogP contribution in [-0.2, 0) is 20.8 Å². The molecule has 2 fully saturated rings. The third kappa shape index (κ3) is 8.35. The van der Waals surface area contributed by atoms with E-state index in [1.807, 2.05) is 34.9 Å². The molecule has 0 aliphatic carbocycles. The number of β-amino-alcohol motifs (C(OH)–C–C–N with tert-alkyl or cyclic N) is 1. The number of aliphatic hydroxyl groups is 2. The van der Waals surface area contributed by atoms with Gasteiger partial charge in [0.2, 0.25) is 0 Å². The van der Waals surface area contributed by atoms with Crippen LogP contribution in [0.4, 0.5) is 13.6 Å². The van der Waals surface area contributed by atoms with Crippen LogP contribution in [0.25, 0.3) is 11.3 Å². The number of aliphatic hydroxyl groups excluding tert-OH is 2. The molecule has 47 heavy (non-hydrogen) atoms. The molecular weight excluding hydrogens is 610 g/mol. The van der Waals surface area contributed by atoms with Crippen LogP contribution in [0, 0.1) is 23.5 Å². The predicted molar refractivity (Wildman–Crippen MR) is 170 cm³/mol. The molecule has 2 amide bonds. The molecular formula is C35H44F2N4O6. The summed E-state index contributed by atoms with van der Waals surface area (Å²) < 4.78 is 42.5. The molecule has 0 saturated carbocycles. The zero-order valence-electron chi connectivity index (χ0n) is 27.3. The van der Waals surface area contributed by atoms with Gasteiger partial charge in [0, 0.05) is 50.5 Å². The van der Waals surface area contributed by atoms with E-state index in [2.05, 4.69) is 0 Å². The molecule has 12 heteroatoms. The Hall–Kier alpha value is -3.87. The molecule has 3 aromatic rings. The average Bonchev–Trinajstić information content (AvgIpc) is 3.60. The molecule has 4 unspecified atom stereocenters. The number of amides is 2. The predicted octanol–water partition coefficient (Wildman–Crippen LogP) is 4.78. The Morgan fingerprint density at radius 3 is 2.47 bits per heavy atom. The van der Waals surface area contributed by atoms with Gasteiger partial charge in [0.25, 0.3) is 5.91 Å². The van der Waals surface area contributed by atoms with Gasteiger partial charge < -0.3 is 34.1 Å². The summed E-state index contributed by atoms with van der Waals surface area (Å²) in [6, 6.07) is 12.0. The van der Waals surface area contributed by atoms with E-state index < -0.39 is 53.4 Å². The van der Waals surface area contributed by atoms with Gasteiger partial charge in [-0.1, -0.05) is 30.3 Å². The second kappa shape index (κ2) is 14.5. The van der Waals surface area contributed by atoms with Gasteiger partial charge in [-0.2, -0.15) is 0 Å². The van der Waals surface area contributed by atoms with Crippen molar-refractivity contribution in [1.82, 2.24) is 19.4 Å². The number of hydrogen-bond donors (Lipinski definition) is 2. The molecule has 2 N–H and O–H groups in total. The van der Waals surface area contributed by atoms with Gasteiger partial charge in [0.1, 0.15) is 29.2 Å². The summed E-state index contributed by atoms with van der Waals surface area (Å²) in [4.78, 5) is 34.7. The van der Waals surface area contributed by atoms with Crippen molar-refractivity contribution < 1.29 is 38.1 Å². The molecule has 2 saturated heterocycles. The quantitative estimate of drug-likeness (QED) is 0.341. The van der Waals surface area contributed by atoms with Crippen LogP contribution < -0.4 is 0 Å². The molecule has 1 aromatic heterocycles. The maximum atomic E-state index is 15.1. The Balaban J connectivity index is 1.59. The molecule has 0 radical (unpaired) electrons. The maximum Gasteiger partial charge on any atom is 0.410 e. The summed E-state index contributed by atoms with van der Waals surface area (Å²) in [6.07, 6.45) is -0.0836. The van der Waals surface area contributed by atoms with Crippen molar-refractivity contribution in [3.63, 3.8) is 0 Å². The van der Waals surface area contributed by atoms with E-state index in [0.29, 0.717) is 38.4 Å². The van der Waals surface area contributed by atoms with Crippen molar-refractivity contribution >= 4 is 12.0 Å². The van der Waals surface area contributed by atoms with Gasteiger partial charge in [-0.25, -0.2) is 18.6 Å². The number of likely N-dealkylation sites (tertiary alicyclic amines) is 1. The van der Waals surface area contributed by atoms with Crippen molar-refractivity contribution in [1.29, 1.82) is 0 Å². The first-order valence-electron chi connectivity index (χ1n) is 16.1. The molecule has 4 atom stereocenters. The summed E-state index contributed by atoms with van der Waals surface area (Å²) in [5.41, 5.74) is 0.385. The molecule has 0 bridgehead atoms. The lowest BCUT2D eigenvalue weighted by Gasteiger charge is -2.40. The van der Waals surface area contributed by atoms with E-state index in [1.54, 1.807) is 31.9 Å². The number of nitrogens with zero attached hydrogens (tertiary/aromatic N) is 4. The van der Waals surface area contributed by atoms with Crippen LogP contribution in [0.1, 0.15) is 58.0 Å². The molecule has 0 spiro atoms. The van der Waals surface area contributed by atoms with E-state index >= 15 is 4.39 Å². The highest BCUT2D eigenvalue weighted by Crippen LogP contribution is 2.38. The monoisotopic (exact) mass is 654 g/mol. The van der Waals surface area contributed by atoms with Crippen LogP contribution >= 0.6 is 0 Å². The molecule has 2 aliphatic rings. The SMILES string of the molecule is CC(O)C(=O)N(CC1CN(C(=O)OC(C)(C)C)CC1O)C(c1nc(-c2cc(F)ccc2F)cn1Cc1ccccc1)C1CCOCC1.